The first-order valence-corrected chi connectivity index (χ1v) is 5.93. The monoisotopic (exact) mass is 230 g/mol. The quantitative estimate of drug-likeness (QED) is 0.793. The van der Waals surface area contributed by atoms with E-state index in [0.29, 0.717) is 18.4 Å². The molecule has 4 heteroatoms. The molecule has 0 radical (unpaired) electrons. The molecule has 1 N–H and O–H groups in total. The van der Waals surface area contributed by atoms with Crippen LogP contribution in [0, 0.1) is 11.3 Å². The third kappa shape index (κ3) is 1.82. The molecule has 2 atom stereocenters. The van der Waals surface area contributed by atoms with Crippen LogP contribution in [0.25, 0.3) is 0 Å². The van der Waals surface area contributed by atoms with Gasteiger partial charge in [-0.2, -0.15) is 5.26 Å². The Morgan fingerprint density at radius 1 is 1.35 bits per heavy atom. The molecule has 17 heavy (non-hydrogen) atoms. The summed E-state index contributed by atoms with van der Waals surface area (Å²) in [5.74, 6) is 0. The second-order valence-corrected chi connectivity index (χ2v) is 4.97. The summed E-state index contributed by atoms with van der Waals surface area (Å²) in [5.41, 5.74) is 0.371. The average molecular weight is 230 g/mol. The van der Waals surface area contributed by atoms with Crippen molar-refractivity contribution in [2.24, 2.45) is 0 Å². The highest BCUT2D eigenvalue weighted by molar-refractivity contribution is 5.32. The molecule has 2 saturated heterocycles. The fraction of sp³-hybridized carbons (Fsp3) is 0.538. The average Bonchev–Trinajstić information content (AvgIpc) is 2.69. The topological polar surface area (TPSA) is 66.1 Å². The van der Waals surface area contributed by atoms with Crippen molar-refractivity contribution in [2.45, 2.75) is 43.5 Å². The van der Waals surface area contributed by atoms with E-state index in [2.05, 4.69) is 11.1 Å². The molecule has 2 bridgehead atoms. The maximum atomic E-state index is 10.7. The van der Waals surface area contributed by atoms with Crippen LogP contribution in [0.4, 0.5) is 0 Å². The van der Waals surface area contributed by atoms with E-state index in [1.54, 1.807) is 12.3 Å². The maximum Gasteiger partial charge on any atom is 0.101 e. The number of fused-ring (bicyclic) bond motifs is 2. The van der Waals surface area contributed by atoms with Crippen molar-refractivity contribution in [1.29, 1.82) is 5.26 Å². The summed E-state index contributed by atoms with van der Waals surface area (Å²) in [5, 5.41) is 19.6. The van der Waals surface area contributed by atoms with Gasteiger partial charge in [0.2, 0.25) is 0 Å². The van der Waals surface area contributed by atoms with Gasteiger partial charge in [-0.1, -0.05) is 0 Å². The number of hydrogen-bond donors (Lipinski definition) is 1. The van der Waals surface area contributed by atoms with Crippen molar-refractivity contribution in [2.75, 3.05) is 0 Å². The summed E-state index contributed by atoms with van der Waals surface area (Å²) >= 11 is 0. The van der Waals surface area contributed by atoms with Gasteiger partial charge in [0.05, 0.1) is 23.4 Å². The Morgan fingerprint density at radius 3 is 2.71 bits per heavy atom. The largest absolute Gasteiger partial charge is 0.385 e. The van der Waals surface area contributed by atoms with Crippen LogP contribution in [0.1, 0.15) is 36.8 Å². The number of ether oxygens (including phenoxy) is 1. The van der Waals surface area contributed by atoms with Crippen molar-refractivity contribution in [1.82, 2.24) is 4.98 Å². The van der Waals surface area contributed by atoms with Gasteiger partial charge in [-0.3, -0.25) is 4.98 Å². The first-order chi connectivity index (χ1) is 8.19. The first kappa shape index (κ1) is 10.7. The minimum Gasteiger partial charge on any atom is -0.385 e. The maximum absolute atomic E-state index is 10.7. The third-order valence-corrected chi connectivity index (χ3v) is 3.73. The van der Waals surface area contributed by atoms with E-state index in [4.69, 9.17) is 10.00 Å². The molecule has 3 rings (SSSR count). The lowest BCUT2D eigenvalue weighted by Gasteiger charge is -2.36. The lowest BCUT2D eigenvalue weighted by molar-refractivity contribution is -0.115. The summed E-state index contributed by atoms with van der Waals surface area (Å²) < 4.78 is 5.73. The molecule has 0 aliphatic carbocycles. The number of aromatic nitrogens is 1. The van der Waals surface area contributed by atoms with Crippen LogP contribution < -0.4 is 0 Å². The van der Waals surface area contributed by atoms with Crippen LogP contribution >= 0.6 is 0 Å². The van der Waals surface area contributed by atoms with Crippen molar-refractivity contribution >= 4 is 0 Å². The molecule has 1 aromatic heterocycles. The molecular weight excluding hydrogens is 216 g/mol. The molecule has 2 unspecified atom stereocenters. The van der Waals surface area contributed by atoms with E-state index in [9.17, 15) is 5.11 Å². The molecule has 0 saturated carbocycles. The van der Waals surface area contributed by atoms with Gasteiger partial charge in [-0.15, -0.1) is 0 Å². The van der Waals surface area contributed by atoms with Crippen LogP contribution in [-0.4, -0.2) is 22.3 Å². The summed E-state index contributed by atoms with van der Waals surface area (Å²) in [6, 6.07) is 3.79. The Labute approximate surface area is 99.9 Å². The Hall–Kier alpha value is -1.44. The van der Waals surface area contributed by atoms with Crippen LogP contribution in [0.2, 0.25) is 0 Å². The molecule has 1 aromatic rings. The van der Waals surface area contributed by atoms with Gasteiger partial charge >= 0.3 is 0 Å². The van der Waals surface area contributed by atoms with Crippen molar-refractivity contribution in [3.63, 3.8) is 0 Å². The third-order valence-electron chi connectivity index (χ3n) is 3.73. The van der Waals surface area contributed by atoms with Gasteiger partial charge in [0.15, 0.2) is 0 Å². The van der Waals surface area contributed by atoms with Gasteiger partial charge < -0.3 is 9.84 Å². The molecule has 0 spiro atoms. The smallest absolute Gasteiger partial charge is 0.101 e. The number of rotatable bonds is 1. The fourth-order valence-corrected chi connectivity index (χ4v) is 2.91. The van der Waals surface area contributed by atoms with E-state index >= 15 is 0 Å². The van der Waals surface area contributed by atoms with Crippen LogP contribution in [-0.2, 0) is 10.3 Å². The zero-order valence-electron chi connectivity index (χ0n) is 9.47. The lowest BCUT2D eigenvalue weighted by atomic mass is 9.84. The molecule has 0 amide bonds. The first-order valence-electron chi connectivity index (χ1n) is 5.93. The number of nitrogens with zero attached hydrogens (tertiary/aromatic N) is 2. The van der Waals surface area contributed by atoms with Crippen LogP contribution in [0.15, 0.2) is 18.5 Å². The Bertz CT molecular complexity index is 469. The molecule has 88 valence electrons. The van der Waals surface area contributed by atoms with Crippen LogP contribution in [0.3, 0.4) is 0 Å². The van der Waals surface area contributed by atoms with Crippen LogP contribution in [0.5, 0.6) is 0 Å². The molecule has 0 aromatic carbocycles. The number of aliphatic hydroxyl groups is 1. The number of nitriles is 1. The van der Waals surface area contributed by atoms with E-state index in [1.165, 1.54) is 6.20 Å². The molecule has 2 fully saturated rings. The minimum absolute atomic E-state index is 0.157. The Morgan fingerprint density at radius 2 is 2.06 bits per heavy atom. The van der Waals surface area contributed by atoms with E-state index < -0.39 is 5.60 Å². The van der Waals surface area contributed by atoms with Gasteiger partial charge in [0, 0.05) is 30.8 Å². The molecule has 3 heterocycles. The highest BCUT2D eigenvalue weighted by Crippen LogP contribution is 2.43. The molecule has 2 aliphatic rings. The van der Waals surface area contributed by atoms with Gasteiger partial charge in [0.25, 0.3) is 0 Å². The lowest BCUT2D eigenvalue weighted by Crippen LogP contribution is -2.38. The summed E-state index contributed by atoms with van der Waals surface area (Å²) in [7, 11) is 0. The highest BCUT2D eigenvalue weighted by atomic mass is 16.5. The summed E-state index contributed by atoms with van der Waals surface area (Å²) in [6.45, 7) is 0. The molecular formula is C13H14N2O2. The fourth-order valence-electron chi connectivity index (χ4n) is 2.91. The zero-order valence-corrected chi connectivity index (χ0v) is 9.47. The Balaban J connectivity index is 1.94. The summed E-state index contributed by atoms with van der Waals surface area (Å²) in [4.78, 5) is 4.02. The zero-order chi connectivity index (χ0) is 11.9. The molecule has 4 nitrogen and oxygen atoms in total. The predicted molar refractivity (Wildman–Crippen MR) is 60.0 cm³/mol. The second-order valence-electron chi connectivity index (χ2n) is 4.97. The van der Waals surface area contributed by atoms with Gasteiger partial charge in [-0.25, -0.2) is 0 Å². The minimum atomic E-state index is -0.871. The second kappa shape index (κ2) is 3.80. The van der Waals surface area contributed by atoms with E-state index in [1.807, 2.05) is 0 Å². The number of hydrogen-bond acceptors (Lipinski definition) is 4. The normalized spacial score (nSPS) is 35.5. The predicted octanol–water partition coefficient (Wildman–Crippen LogP) is 1.48. The van der Waals surface area contributed by atoms with Crippen molar-refractivity contribution in [3.8, 4) is 6.07 Å². The van der Waals surface area contributed by atoms with Gasteiger partial charge in [0.1, 0.15) is 6.07 Å². The van der Waals surface area contributed by atoms with E-state index in [0.717, 1.165) is 18.4 Å². The SMILES string of the molecule is N#Cc1cncc(C2(O)CC3CCC(C2)O3)c1. The number of pyridine rings is 1. The van der Waals surface area contributed by atoms with Gasteiger partial charge in [-0.05, 0) is 18.9 Å². The van der Waals surface area contributed by atoms with Crippen molar-refractivity contribution < 1.29 is 9.84 Å². The van der Waals surface area contributed by atoms with E-state index in [-0.39, 0.29) is 12.2 Å². The highest BCUT2D eigenvalue weighted by Gasteiger charge is 2.44. The summed E-state index contributed by atoms with van der Waals surface area (Å²) in [6.07, 6.45) is 6.76. The molecule has 2 aliphatic heterocycles. The van der Waals surface area contributed by atoms with Crippen molar-refractivity contribution in [3.05, 3.63) is 29.6 Å². The standard InChI is InChI=1S/C13H14N2O2/c14-6-9-3-10(8-15-7-9)13(16)4-11-1-2-12(5-13)17-11/h3,7-8,11-12,16H,1-2,4-5H2. The Kier molecular flexibility index (Phi) is 2.39.